The van der Waals surface area contributed by atoms with Crippen LogP contribution in [0.15, 0.2) is 30.6 Å². The van der Waals surface area contributed by atoms with Crippen molar-refractivity contribution in [2.45, 2.75) is 13.0 Å². The molecule has 0 aliphatic carbocycles. The number of hydrogen-bond donors (Lipinski definition) is 2. The molecule has 0 spiro atoms. The van der Waals surface area contributed by atoms with Gasteiger partial charge in [-0.3, -0.25) is 0 Å². The molecule has 1 aromatic carbocycles. The lowest BCUT2D eigenvalue weighted by Crippen LogP contribution is -2.10. The maximum absolute atomic E-state index is 12.8. The van der Waals surface area contributed by atoms with Gasteiger partial charge in [-0.05, 0) is 24.6 Å². The Balaban J connectivity index is 2.18. The van der Waals surface area contributed by atoms with Crippen LogP contribution in [0.3, 0.4) is 0 Å². The first-order chi connectivity index (χ1) is 8.58. The number of anilines is 2. The average Bonchev–Trinajstić information content (AvgIpc) is 2.36. The maximum atomic E-state index is 12.8. The third-order valence-electron chi connectivity index (χ3n) is 2.56. The van der Waals surface area contributed by atoms with E-state index in [1.54, 1.807) is 12.1 Å². The van der Waals surface area contributed by atoms with Crippen LogP contribution in [0, 0.1) is 5.82 Å². The topological polar surface area (TPSA) is 63.8 Å². The molecule has 2 rings (SSSR count). The van der Waals surface area contributed by atoms with Crippen LogP contribution in [0.25, 0.3) is 0 Å². The quantitative estimate of drug-likeness (QED) is 0.838. The van der Waals surface area contributed by atoms with Gasteiger partial charge in [0.25, 0.3) is 0 Å². The summed E-state index contributed by atoms with van der Waals surface area (Å²) in [4.78, 5) is 7.79. The van der Waals surface area contributed by atoms with E-state index in [4.69, 9.17) is 17.3 Å². The third kappa shape index (κ3) is 2.68. The van der Waals surface area contributed by atoms with E-state index in [2.05, 4.69) is 15.3 Å². The molecule has 1 aromatic heterocycles. The lowest BCUT2D eigenvalue weighted by molar-refractivity contribution is 0.626. The summed E-state index contributed by atoms with van der Waals surface area (Å²) in [5.41, 5.74) is 6.97. The van der Waals surface area contributed by atoms with E-state index in [0.717, 1.165) is 5.56 Å². The van der Waals surface area contributed by atoms with Crippen molar-refractivity contribution in [3.05, 3.63) is 47.1 Å². The van der Waals surface area contributed by atoms with Crippen LogP contribution in [0.5, 0.6) is 0 Å². The number of halogens is 2. The second-order valence-electron chi connectivity index (χ2n) is 3.84. The Kier molecular flexibility index (Phi) is 3.62. The van der Waals surface area contributed by atoms with Gasteiger partial charge in [0.2, 0.25) is 0 Å². The van der Waals surface area contributed by atoms with E-state index in [1.807, 2.05) is 6.92 Å². The molecule has 1 heterocycles. The van der Waals surface area contributed by atoms with Gasteiger partial charge in [0.15, 0.2) is 11.0 Å². The first kappa shape index (κ1) is 12.6. The summed E-state index contributed by atoms with van der Waals surface area (Å²) in [6, 6.07) is 6.14. The Hall–Kier alpha value is -1.88. The van der Waals surface area contributed by atoms with E-state index in [9.17, 15) is 4.39 Å². The van der Waals surface area contributed by atoms with Gasteiger partial charge in [0.05, 0.1) is 6.04 Å². The van der Waals surface area contributed by atoms with E-state index in [-0.39, 0.29) is 17.0 Å². The van der Waals surface area contributed by atoms with Gasteiger partial charge in [-0.2, -0.15) is 0 Å². The predicted molar refractivity (Wildman–Crippen MR) is 69.9 cm³/mol. The van der Waals surface area contributed by atoms with E-state index >= 15 is 0 Å². The number of hydrogen-bond acceptors (Lipinski definition) is 4. The summed E-state index contributed by atoms with van der Waals surface area (Å²) < 4.78 is 12.8. The van der Waals surface area contributed by atoms with Crippen molar-refractivity contribution in [1.82, 2.24) is 9.97 Å². The molecule has 4 nitrogen and oxygen atoms in total. The first-order valence-corrected chi connectivity index (χ1v) is 5.73. The maximum Gasteiger partial charge on any atom is 0.157 e. The number of nitrogen functional groups attached to an aromatic ring is 1. The molecule has 2 aromatic rings. The van der Waals surface area contributed by atoms with Crippen molar-refractivity contribution in [3.63, 3.8) is 0 Å². The molecule has 0 saturated heterocycles. The van der Waals surface area contributed by atoms with Gasteiger partial charge in [0, 0.05) is 0 Å². The van der Waals surface area contributed by atoms with Crippen LogP contribution in [0.4, 0.5) is 15.9 Å². The number of nitrogens with two attached hydrogens (primary N) is 1. The van der Waals surface area contributed by atoms with Crippen molar-refractivity contribution >= 4 is 23.1 Å². The second kappa shape index (κ2) is 5.18. The molecule has 18 heavy (non-hydrogen) atoms. The van der Waals surface area contributed by atoms with E-state index < -0.39 is 0 Å². The minimum absolute atomic E-state index is 0.0705. The highest BCUT2D eigenvalue weighted by Crippen LogP contribution is 2.26. The molecular formula is C12H12ClFN4. The molecule has 3 N–H and O–H groups in total. The number of rotatable bonds is 3. The van der Waals surface area contributed by atoms with Crippen LogP contribution >= 0.6 is 11.6 Å². The molecule has 0 radical (unpaired) electrons. The molecule has 0 bridgehead atoms. The normalized spacial score (nSPS) is 12.2. The highest BCUT2D eigenvalue weighted by atomic mass is 35.5. The number of benzene rings is 1. The Labute approximate surface area is 109 Å². The monoisotopic (exact) mass is 266 g/mol. The molecule has 0 aliphatic rings. The molecule has 6 heteroatoms. The standard InChI is InChI=1S/C12H12ClFN4/c1-7(8-2-4-9(14)5-3-8)18-12-10(15)11(13)16-6-17-12/h2-7H,15H2,1H3,(H,16,17,18). The molecule has 94 valence electrons. The molecule has 0 saturated carbocycles. The first-order valence-electron chi connectivity index (χ1n) is 5.36. The summed E-state index contributed by atoms with van der Waals surface area (Å²) in [5.74, 6) is 0.197. The average molecular weight is 267 g/mol. The van der Waals surface area contributed by atoms with Crippen LogP contribution in [-0.2, 0) is 0 Å². The van der Waals surface area contributed by atoms with Gasteiger partial charge < -0.3 is 11.1 Å². The highest BCUT2D eigenvalue weighted by molar-refractivity contribution is 6.32. The second-order valence-corrected chi connectivity index (χ2v) is 4.20. The van der Waals surface area contributed by atoms with Crippen LogP contribution < -0.4 is 11.1 Å². The zero-order chi connectivity index (χ0) is 13.1. The zero-order valence-corrected chi connectivity index (χ0v) is 10.4. The summed E-state index contributed by atoms with van der Waals surface area (Å²) in [7, 11) is 0. The summed E-state index contributed by atoms with van der Waals surface area (Å²) in [6.45, 7) is 1.92. The van der Waals surface area contributed by atoms with Crippen molar-refractivity contribution in [2.24, 2.45) is 0 Å². The Morgan fingerprint density at radius 2 is 1.94 bits per heavy atom. The van der Waals surface area contributed by atoms with Gasteiger partial charge in [-0.15, -0.1) is 0 Å². The minimum Gasteiger partial charge on any atom is -0.393 e. The summed E-state index contributed by atoms with van der Waals surface area (Å²) in [6.07, 6.45) is 1.33. The van der Waals surface area contributed by atoms with Crippen molar-refractivity contribution in [1.29, 1.82) is 0 Å². The molecule has 0 fully saturated rings. The van der Waals surface area contributed by atoms with Crippen molar-refractivity contribution < 1.29 is 4.39 Å². The van der Waals surface area contributed by atoms with E-state index in [1.165, 1.54) is 18.5 Å². The SMILES string of the molecule is CC(Nc1ncnc(Cl)c1N)c1ccc(F)cc1. The number of aromatic nitrogens is 2. The predicted octanol–water partition coefficient (Wildman–Crippen LogP) is 3.02. The Bertz CT molecular complexity index is 544. The third-order valence-corrected chi connectivity index (χ3v) is 2.86. The Morgan fingerprint density at radius 1 is 1.28 bits per heavy atom. The zero-order valence-electron chi connectivity index (χ0n) is 9.69. The number of nitrogens with one attached hydrogen (secondary N) is 1. The van der Waals surface area contributed by atoms with Crippen LogP contribution in [0.1, 0.15) is 18.5 Å². The highest BCUT2D eigenvalue weighted by Gasteiger charge is 2.10. The fourth-order valence-corrected chi connectivity index (χ4v) is 1.66. The molecular weight excluding hydrogens is 255 g/mol. The molecule has 0 aliphatic heterocycles. The fraction of sp³-hybridized carbons (Fsp3) is 0.167. The van der Waals surface area contributed by atoms with Gasteiger partial charge >= 0.3 is 0 Å². The Morgan fingerprint density at radius 3 is 2.61 bits per heavy atom. The van der Waals surface area contributed by atoms with Crippen LogP contribution in [0.2, 0.25) is 5.15 Å². The number of nitrogens with zero attached hydrogens (tertiary/aromatic N) is 2. The van der Waals surface area contributed by atoms with Crippen LogP contribution in [-0.4, -0.2) is 9.97 Å². The van der Waals surface area contributed by atoms with E-state index in [0.29, 0.717) is 11.5 Å². The van der Waals surface area contributed by atoms with Crippen molar-refractivity contribution in [3.8, 4) is 0 Å². The molecule has 1 unspecified atom stereocenters. The largest absolute Gasteiger partial charge is 0.393 e. The summed E-state index contributed by atoms with van der Waals surface area (Å²) >= 11 is 5.80. The molecule has 1 atom stereocenters. The van der Waals surface area contributed by atoms with Crippen molar-refractivity contribution in [2.75, 3.05) is 11.1 Å². The molecule has 0 amide bonds. The lowest BCUT2D eigenvalue weighted by Gasteiger charge is -2.16. The fourth-order valence-electron chi connectivity index (χ4n) is 1.53. The van der Waals surface area contributed by atoms with Gasteiger partial charge in [0.1, 0.15) is 17.8 Å². The lowest BCUT2D eigenvalue weighted by atomic mass is 10.1. The smallest absolute Gasteiger partial charge is 0.157 e. The minimum atomic E-state index is -0.268. The summed E-state index contributed by atoms with van der Waals surface area (Å²) in [5, 5.41) is 3.31. The van der Waals surface area contributed by atoms with Gasteiger partial charge in [-0.25, -0.2) is 14.4 Å². The van der Waals surface area contributed by atoms with Gasteiger partial charge in [-0.1, -0.05) is 23.7 Å².